The molecule has 6 nitrogen and oxygen atoms in total. The molecule has 2 heterocycles. The summed E-state index contributed by atoms with van der Waals surface area (Å²) in [6.45, 7) is 8.80. The Morgan fingerprint density at radius 1 is 1.30 bits per heavy atom. The van der Waals surface area contributed by atoms with Crippen molar-refractivity contribution in [3.8, 4) is 0 Å². The van der Waals surface area contributed by atoms with E-state index in [1.165, 1.54) is 4.90 Å². The maximum Gasteiger partial charge on any atom is 0.338 e. The number of benzene rings is 1. The molecule has 2 aliphatic heterocycles. The predicted octanol–water partition coefficient (Wildman–Crippen LogP) is 1.11. The number of hydrogen-bond donors (Lipinski definition) is 3. The van der Waals surface area contributed by atoms with E-state index in [-0.39, 0.29) is 12.0 Å². The Morgan fingerprint density at radius 3 is 2.74 bits per heavy atom. The predicted molar refractivity (Wildman–Crippen MR) is 107 cm³/mol. The summed E-state index contributed by atoms with van der Waals surface area (Å²) in [5.74, 6) is 1.84. The number of thioether (sulfide) groups is 1. The normalized spacial score (nSPS) is 20.9. The zero-order valence-corrected chi connectivity index (χ0v) is 17.0. The Balaban J connectivity index is 2.03. The fourth-order valence-electron chi connectivity index (χ4n) is 3.60. The van der Waals surface area contributed by atoms with Gasteiger partial charge in [0.15, 0.2) is 0 Å². The van der Waals surface area contributed by atoms with Crippen LogP contribution in [0, 0.1) is 13.8 Å². The van der Waals surface area contributed by atoms with Crippen LogP contribution in [-0.4, -0.2) is 49.7 Å². The van der Waals surface area contributed by atoms with Gasteiger partial charge in [0.25, 0.3) is 0 Å². The minimum absolute atomic E-state index is 0.269. The van der Waals surface area contributed by atoms with Crippen molar-refractivity contribution in [2.24, 2.45) is 0 Å². The van der Waals surface area contributed by atoms with Crippen LogP contribution in [-0.2, 0) is 9.53 Å². The average molecular weight is 391 g/mol. The Kier molecular flexibility index (Phi) is 6.44. The maximum absolute atomic E-state index is 12.9. The van der Waals surface area contributed by atoms with Gasteiger partial charge in [0.1, 0.15) is 6.54 Å². The number of quaternary nitrogens is 1. The van der Waals surface area contributed by atoms with Gasteiger partial charge in [-0.15, -0.1) is 0 Å². The van der Waals surface area contributed by atoms with Crippen molar-refractivity contribution in [1.82, 2.24) is 10.6 Å². The van der Waals surface area contributed by atoms with Crippen molar-refractivity contribution < 1.29 is 19.2 Å². The highest BCUT2D eigenvalue weighted by Crippen LogP contribution is 2.30. The van der Waals surface area contributed by atoms with E-state index >= 15 is 0 Å². The molecule has 0 aromatic heterocycles. The van der Waals surface area contributed by atoms with Gasteiger partial charge in [0.2, 0.25) is 0 Å². The SMILES string of the molecule is CCOC(=O)C1=C(C[NH+]2CCSCC2)NC(=O)N[C@H]1c1cc(C)ccc1C. The molecular formula is C20H28N3O3S+. The molecule has 0 aliphatic carbocycles. The van der Waals surface area contributed by atoms with E-state index < -0.39 is 6.04 Å². The minimum Gasteiger partial charge on any atom is -0.463 e. The van der Waals surface area contributed by atoms with Gasteiger partial charge in [-0.3, -0.25) is 0 Å². The molecule has 3 rings (SSSR count). The summed E-state index contributed by atoms with van der Waals surface area (Å²) < 4.78 is 5.36. The summed E-state index contributed by atoms with van der Waals surface area (Å²) in [6.07, 6.45) is 0. The molecule has 0 saturated carbocycles. The summed E-state index contributed by atoms with van der Waals surface area (Å²) in [4.78, 5) is 26.6. The first-order valence-electron chi connectivity index (χ1n) is 9.45. The van der Waals surface area contributed by atoms with Gasteiger partial charge in [-0.05, 0) is 31.9 Å². The van der Waals surface area contributed by atoms with Crippen molar-refractivity contribution in [1.29, 1.82) is 0 Å². The Hall–Kier alpha value is -1.99. The zero-order valence-electron chi connectivity index (χ0n) is 16.2. The summed E-state index contributed by atoms with van der Waals surface area (Å²) in [6, 6.07) is 5.33. The summed E-state index contributed by atoms with van der Waals surface area (Å²) in [5.41, 5.74) is 4.28. The van der Waals surface area contributed by atoms with E-state index in [2.05, 4.69) is 10.6 Å². The third kappa shape index (κ3) is 4.65. The van der Waals surface area contributed by atoms with E-state index in [9.17, 15) is 9.59 Å². The van der Waals surface area contributed by atoms with Crippen molar-refractivity contribution in [2.45, 2.75) is 26.8 Å². The number of esters is 1. The molecule has 2 aliphatic rings. The van der Waals surface area contributed by atoms with E-state index in [4.69, 9.17) is 4.74 Å². The number of ether oxygens (including phenoxy) is 1. The van der Waals surface area contributed by atoms with Gasteiger partial charge in [0, 0.05) is 11.5 Å². The van der Waals surface area contributed by atoms with Crippen LogP contribution in [0.5, 0.6) is 0 Å². The average Bonchev–Trinajstić information content (AvgIpc) is 2.64. The van der Waals surface area contributed by atoms with Gasteiger partial charge in [0.05, 0.1) is 37.0 Å². The largest absolute Gasteiger partial charge is 0.463 e. The van der Waals surface area contributed by atoms with Gasteiger partial charge < -0.3 is 20.3 Å². The first-order chi connectivity index (χ1) is 13.0. The standard InChI is InChI=1S/C20H27N3O3S/c1-4-26-19(24)17-16(12-23-7-9-27-10-8-23)21-20(25)22-18(17)15-11-13(2)5-6-14(15)3/h5-6,11,18H,4,7-10,12H2,1-3H3,(H2,21,22,25)/p+1/t18-/m0/s1. The van der Waals surface area contributed by atoms with Crippen molar-refractivity contribution in [3.63, 3.8) is 0 Å². The van der Waals surface area contributed by atoms with Gasteiger partial charge in [-0.25, -0.2) is 9.59 Å². The summed E-state index contributed by atoms with van der Waals surface area (Å²) in [5, 5.41) is 5.82. The van der Waals surface area contributed by atoms with Crippen LogP contribution in [0.3, 0.4) is 0 Å². The van der Waals surface area contributed by atoms with Crippen LogP contribution in [0.2, 0.25) is 0 Å². The molecular weight excluding hydrogens is 362 g/mol. The van der Waals surface area contributed by atoms with Crippen molar-refractivity contribution >= 4 is 23.8 Å². The molecule has 0 unspecified atom stereocenters. The molecule has 0 bridgehead atoms. The molecule has 1 aromatic rings. The van der Waals surface area contributed by atoms with E-state index in [1.54, 1.807) is 6.92 Å². The summed E-state index contributed by atoms with van der Waals surface area (Å²) >= 11 is 1.95. The molecule has 146 valence electrons. The smallest absolute Gasteiger partial charge is 0.338 e. The highest BCUT2D eigenvalue weighted by atomic mass is 32.2. The monoisotopic (exact) mass is 390 g/mol. The molecule has 2 amide bonds. The lowest BCUT2D eigenvalue weighted by Crippen LogP contribution is -3.14. The number of amides is 2. The fraction of sp³-hybridized carbons (Fsp3) is 0.500. The van der Waals surface area contributed by atoms with Gasteiger partial charge in [-0.2, -0.15) is 11.8 Å². The molecule has 0 radical (unpaired) electrons. The highest BCUT2D eigenvalue weighted by Gasteiger charge is 2.36. The zero-order chi connectivity index (χ0) is 19.4. The van der Waals surface area contributed by atoms with Crippen LogP contribution in [0.25, 0.3) is 0 Å². The first kappa shape index (κ1) is 19.8. The molecule has 3 N–H and O–H groups in total. The van der Waals surface area contributed by atoms with Crippen LogP contribution in [0.1, 0.15) is 29.7 Å². The molecule has 1 saturated heterocycles. The lowest BCUT2D eigenvalue weighted by molar-refractivity contribution is -0.891. The molecule has 1 aromatic carbocycles. The topological polar surface area (TPSA) is 71.9 Å². The maximum atomic E-state index is 12.9. The molecule has 1 atom stereocenters. The Labute approximate surface area is 164 Å². The lowest BCUT2D eigenvalue weighted by atomic mass is 9.91. The van der Waals surface area contributed by atoms with Gasteiger partial charge in [-0.1, -0.05) is 23.8 Å². The van der Waals surface area contributed by atoms with E-state index in [0.717, 1.165) is 41.3 Å². The number of carbonyl (C=O) groups is 2. The van der Waals surface area contributed by atoms with Crippen molar-refractivity contribution in [3.05, 3.63) is 46.2 Å². The van der Waals surface area contributed by atoms with Crippen LogP contribution < -0.4 is 15.5 Å². The molecule has 27 heavy (non-hydrogen) atoms. The number of rotatable bonds is 5. The van der Waals surface area contributed by atoms with Crippen LogP contribution >= 0.6 is 11.8 Å². The second-order valence-electron chi connectivity index (χ2n) is 7.04. The number of urea groups is 1. The first-order valence-corrected chi connectivity index (χ1v) is 10.6. The number of aryl methyl sites for hydroxylation is 2. The second-order valence-corrected chi connectivity index (χ2v) is 8.27. The minimum atomic E-state index is -0.494. The lowest BCUT2D eigenvalue weighted by Gasteiger charge is -2.32. The number of nitrogens with one attached hydrogen (secondary N) is 3. The van der Waals surface area contributed by atoms with Crippen molar-refractivity contribution in [2.75, 3.05) is 37.7 Å². The second kappa shape index (κ2) is 8.80. The van der Waals surface area contributed by atoms with E-state index in [0.29, 0.717) is 24.4 Å². The number of hydrogen-bond acceptors (Lipinski definition) is 4. The molecule has 7 heteroatoms. The highest BCUT2D eigenvalue weighted by molar-refractivity contribution is 7.99. The molecule has 1 fully saturated rings. The fourth-order valence-corrected chi connectivity index (χ4v) is 4.67. The van der Waals surface area contributed by atoms with Crippen LogP contribution in [0.15, 0.2) is 29.5 Å². The third-order valence-corrected chi connectivity index (χ3v) is 6.01. The summed E-state index contributed by atoms with van der Waals surface area (Å²) in [7, 11) is 0. The third-order valence-electron chi connectivity index (χ3n) is 5.02. The molecule has 0 spiro atoms. The number of carbonyl (C=O) groups excluding carboxylic acids is 2. The quantitative estimate of drug-likeness (QED) is 0.659. The Morgan fingerprint density at radius 2 is 2.04 bits per heavy atom. The van der Waals surface area contributed by atoms with Crippen LogP contribution in [0.4, 0.5) is 4.79 Å². The van der Waals surface area contributed by atoms with Gasteiger partial charge >= 0.3 is 12.0 Å². The van der Waals surface area contributed by atoms with E-state index in [1.807, 2.05) is 43.8 Å². The Bertz CT molecular complexity index is 757.